The van der Waals surface area contributed by atoms with Gasteiger partial charge >= 0.3 is 0 Å². The second-order valence-electron chi connectivity index (χ2n) is 10.9. The summed E-state index contributed by atoms with van der Waals surface area (Å²) in [5.41, 5.74) is 4.23. The van der Waals surface area contributed by atoms with Gasteiger partial charge in [0.2, 0.25) is 0 Å². The van der Waals surface area contributed by atoms with Crippen LogP contribution < -0.4 is 5.32 Å². The van der Waals surface area contributed by atoms with Gasteiger partial charge < -0.3 is 15.1 Å². The van der Waals surface area contributed by atoms with E-state index in [9.17, 15) is 4.79 Å². The number of aromatic nitrogens is 1. The van der Waals surface area contributed by atoms with Gasteiger partial charge in [0, 0.05) is 32.6 Å². The summed E-state index contributed by atoms with van der Waals surface area (Å²) in [4.78, 5) is 30.5. The molecule has 7 heteroatoms. The Labute approximate surface area is 203 Å². The first-order valence-electron chi connectivity index (χ1n) is 12.2. The fourth-order valence-electron chi connectivity index (χ4n) is 4.79. The summed E-state index contributed by atoms with van der Waals surface area (Å²) in [5, 5.41) is 3.05. The first kappa shape index (κ1) is 24.3. The van der Waals surface area contributed by atoms with Crippen molar-refractivity contribution in [1.82, 2.24) is 14.8 Å². The monoisotopic (exact) mass is 460 g/mol. The van der Waals surface area contributed by atoms with Gasteiger partial charge in [-0.15, -0.1) is 4.99 Å². The highest BCUT2D eigenvalue weighted by Gasteiger charge is 2.33. The van der Waals surface area contributed by atoms with Gasteiger partial charge in [-0.1, -0.05) is 32.6 Å². The summed E-state index contributed by atoms with van der Waals surface area (Å²) in [6.45, 7) is 20.3. The zero-order chi connectivity index (χ0) is 24.5. The van der Waals surface area contributed by atoms with Crippen LogP contribution >= 0.6 is 0 Å². The maximum Gasteiger partial charge on any atom is 0.294 e. The van der Waals surface area contributed by atoms with Crippen LogP contribution in [-0.4, -0.2) is 59.6 Å². The number of hydrogen-bond donors (Lipinski definition) is 1. The normalized spacial score (nSPS) is 21.4. The molecule has 1 aromatic rings. The van der Waals surface area contributed by atoms with Crippen molar-refractivity contribution < 1.29 is 4.79 Å². The number of rotatable bonds is 5. The predicted octanol–water partition coefficient (Wildman–Crippen LogP) is 4.70. The maximum atomic E-state index is 12.9. The van der Waals surface area contributed by atoms with E-state index < -0.39 is 0 Å². The molecule has 1 aliphatic carbocycles. The van der Waals surface area contributed by atoms with Crippen LogP contribution in [0.1, 0.15) is 64.8 Å². The number of hydrogen-bond acceptors (Lipinski definition) is 5. The quantitative estimate of drug-likeness (QED) is 0.647. The van der Waals surface area contributed by atoms with Gasteiger partial charge in [-0.3, -0.25) is 9.69 Å². The summed E-state index contributed by atoms with van der Waals surface area (Å²) in [6.07, 6.45) is 7.39. The number of carbonyl (C=O) groups is 1. The molecular weight excluding hydrogens is 424 g/mol. The third-order valence-electron chi connectivity index (χ3n) is 7.44. The summed E-state index contributed by atoms with van der Waals surface area (Å²) in [7, 11) is 2.17. The Morgan fingerprint density at radius 1 is 1.18 bits per heavy atom. The molecule has 1 N–H and O–H groups in total. The molecule has 34 heavy (non-hydrogen) atoms. The van der Waals surface area contributed by atoms with Crippen LogP contribution in [0.2, 0.25) is 0 Å². The zero-order valence-electron chi connectivity index (χ0n) is 21.1. The first-order chi connectivity index (χ1) is 16.1. The molecule has 0 unspecified atom stereocenters. The van der Waals surface area contributed by atoms with Gasteiger partial charge in [-0.05, 0) is 63.3 Å². The number of amides is 1. The Hall–Kier alpha value is -2.82. The third kappa shape index (κ3) is 5.13. The summed E-state index contributed by atoms with van der Waals surface area (Å²) in [6, 6.07) is 4.04. The van der Waals surface area contributed by atoms with Crippen LogP contribution in [0, 0.1) is 12.0 Å². The average Bonchev–Trinajstić information content (AvgIpc) is 3.29. The molecule has 0 saturated carbocycles. The lowest BCUT2D eigenvalue weighted by Crippen LogP contribution is -2.52. The standard InChI is InChI=1S/C27H36N6O/c1-26(2)13-11-19(12-14-26)24-20(30-25(34)21-8-10-23(28-5)29-21)7-9-22(31-24)27(3,4)33-17-15-32(6)16-18-33/h7,9-11H,8,12-18H2,1-4,6H3,(H,30,34). The number of nitrogens with zero attached hydrogens (tertiary/aromatic N) is 5. The second kappa shape index (κ2) is 9.44. The third-order valence-corrected chi connectivity index (χ3v) is 7.44. The van der Waals surface area contributed by atoms with Crippen LogP contribution in [-0.2, 0) is 10.3 Å². The van der Waals surface area contributed by atoms with Gasteiger partial charge in [0.1, 0.15) is 0 Å². The highest BCUT2D eigenvalue weighted by Crippen LogP contribution is 2.40. The molecule has 3 aliphatic rings. The van der Waals surface area contributed by atoms with Crippen molar-refractivity contribution >= 4 is 22.9 Å². The maximum absolute atomic E-state index is 12.9. The summed E-state index contributed by atoms with van der Waals surface area (Å²) in [5.74, 6) is 0.0192. The number of pyridine rings is 1. The van der Waals surface area contributed by atoms with E-state index in [1.54, 1.807) is 6.08 Å². The first-order valence-corrected chi connectivity index (χ1v) is 12.2. The molecule has 7 nitrogen and oxygen atoms in total. The van der Waals surface area contributed by atoms with Gasteiger partial charge in [-0.2, -0.15) is 0 Å². The minimum absolute atomic E-state index is 0.211. The van der Waals surface area contributed by atoms with E-state index in [1.165, 1.54) is 5.57 Å². The molecule has 0 bridgehead atoms. The van der Waals surface area contributed by atoms with Crippen molar-refractivity contribution in [3.05, 3.63) is 52.9 Å². The molecule has 0 spiro atoms. The van der Waals surface area contributed by atoms with E-state index in [0.717, 1.165) is 56.8 Å². The van der Waals surface area contributed by atoms with Crippen molar-refractivity contribution in [2.75, 3.05) is 38.5 Å². The number of nitrogens with one attached hydrogen (secondary N) is 1. The average molecular weight is 461 g/mol. The molecule has 0 atom stereocenters. The lowest BCUT2D eigenvalue weighted by atomic mass is 9.77. The minimum atomic E-state index is -0.263. The van der Waals surface area contributed by atoms with E-state index >= 15 is 0 Å². The van der Waals surface area contributed by atoms with Gasteiger partial charge in [0.15, 0.2) is 5.71 Å². The Bertz CT molecular complexity index is 1100. The van der Waals surface area contributed by atoms with E-state index in [2.05, 4.69) is 65.8 Å². The molecule has 0 radical (unpaired) electrons. The van der Waals surface area contributed by atoms with Crippen LogP contribution in [0.3, 0.4) is 0 Å². The Morgan fingerprint density at radius 3 is 2.53 bits per heavy atom. The zero-order valence-corrected chi connectivity index (χ0v) is 21.1. The molecule has 1 fully saturated rings. The van der Waals surface area contributed by atoms with Gasteiger partial charge in [-0.25, -0.2) is 4.98 Å². The Kier molecular flexibility index (Phi) is 6.75. The molecular formula is C27H36N6O. The fraction of sp³-hybridized carbons (Fsp3) is 0.556. The summed E-state index contributed by atoms with van der Waals surface area (Å²) < 4.78 is 0. The Morgan fingerprint density at radius 2 is 1.91 bits per heavy atom. The summed E-state index contributed by atoms with van der Waals surface area (Å²) >= 11 is 0. The molecule has 0 aromatic carbocycles. The van der Waals surface area contributed by atoms with Crippen molar-refractivity contribution in [3.8, 4) is 0 Å². The number of allylic oxidation sites excluding steroid dienone is 3. The van der Waals surface area contributed by atoms with Crippen molar-refractivity contribution in [2.24, 2.45) is 10.4 Å². The molecule has 3 heterocycles. The fourth-order valence-corrected chi connectivity index (χ4v) is 4.79. The van der Waals surface area contributed by atoms with Crippen LogP contribution in [0.25, 0.3) is 10.4 Å². The molecule has 1 saturated heterocycles. The number of piperazine rings is 1. The molecule has 1 aromatic heterocycles. The lowest BCUT2D eigenvalue weighted by molar-refractivity contribution is -0.110. The molecule has 2 aliphatic heterocycles. The SMILES string of the molecule is [C-]#[N+]C1=CCC(C(=O)Nc2ccc(C(C)(C)N3CCN(C)CC3)nc2C2=CCC(C)(C)CC2)=N1. The number of aliphatic imine (C=N–C) groups is 1. The molecule has 1 amide bonds. The van der Waals surface area contributed by atoms with Crippen molar-refractivity contribution in [2.45, 2.75) is 58.9 Å². The molecule has 180 valence electrons. The minimum Gasteiger partial charge on any atom is -0.361 e. The van der Waals surface area contributed by atoms with Crippen LogP contribution in [0.15, 0.2) is 35.1 Å². The number of carbonyl (C=O) groups excluding carboxylic acids is 1. The van der Waals surface area contributed by atoms with E-state index in [-0.39, 0.29) is 22.7 Å². The Balaban J connectivity index is 1.66. The molecule has 4 rings (SSSR count). The lowest BCUT2D eigenvalue weighted by Gasteiger charge is -2.43. The van der Waals surface area contributed by atoms with E-state index in [4.69, 9.17) is 11.6 Å². The van der Waals surface area contributed by atoms with Crippen molar-refractivity contribution in [3.63, 3.8) is 0 Å². The predicted molar refractivity (Wildman–Crippen MR) is 137 cm³/mol. The highest BCUT2D eigenvalue weighted by atomic mass is 16.1. The number of anilines is 1. The second-order valence-corrected chi connectivity index (χ2v) is 10.9. The highest BCUT2D eigenvalue weighted by molar-refractivity contribution is 6.44. The van der Waals surface area contributed by atoms with E-state index in [1.807, 2.05) is 12.1 Å². The van der Waals surface area contributed by atoms with Crippen LogP contribution in [0.5, 0.6) is 0 Å². The van der Waals surface area contributed by atoms with Gasteiger partial charge in [0.25, 0.3) is 11.7 Å². The van der Waals surface area contributed by atoms with Gasteiger partial charge in [0.05, 0.1) is 22.6 Å². The topological polar surface area (TPSA) is 65.2 Å². The van der Waals surface area contributed by atoms with E-state index in [0.29, 0.717) is 17.8 Å². The van der Waals surface area contributed by atoms with Crippen LogP contribution in [0.4, 0.5) is 5.69 Å². The number of likely N-dealkylation sites (N-methyl/N-ethyl adjacent to an activating group) is 1. The largest absolute Gasteiger partial charge is 0.361 e. The van der Waals surface area contributed by atoms with Crippen molar-refractivity contribution in [1.29, 1.82) is 0 Å². The smallest absolute Gasteiger partial charge is 0.294 e.